The molecule has 0 bridgehead atoms. The largest absolute Gasteiger partial charge is 0.378 e. The molecule has 0 aromatic heterocycles. The van der Waals surface area contributed by atoms with Gasteiger partial charge in [0.25, 0.3) is 0 Å². The summed E-state index contributed by atoms with van der Waals surface area (Å²) in [6.45, 7) is 4.59. The van der Waals surface area contributed by atoms with Gasteiger partial charge in [0.1, 0.15) is 0 Å². The summed E-state index contributed by atoms with van der Waals surface area (Å²) >= 11 is 0. The Bertz CT molecular complexity index is 269. The minimum atomic E-state index is -0.355. The van der Waals surface area contributed by atoms with Crippen molar-refractivity contribution in [3.63, 3.8) is 0 Å². The second kappa shape index (κ2) is 6.53. The first-order valence-corrected chi connectivity index (χ1v) is 7.36. The highest BCUT2D eigenvalue weighted by Crippen LogP contribution is 2.19. The number of piperidine rings is 1. The summed E-state index contributed by atoms with van der Waals surface area (Å²) in [5.41, 5.74) is -0.355. The van der Waals surface area contributed by atoms with E-state index in [1.54, 1.807) is 0 Å². The fourth-order valence-corrected chi connectivity index (χ4v) is 2.83. The Morgan fingerprint density at radius 3 is 2.94 bits per heavy atom. The molecule has 0 aromatic carbocycles. The van der Waals surface area contributed by atoms with E-state index in [4.69, 9.17) is 4.74 Å². The lowest BCUT2D eigenvalue weighted by Crippen LogP contribution is -2.57. The van der Waals surface area contributed by atoms with Crippen LogP contribution >= 0.6 is 0 Å². The van der Waals surface area contributed by atoms with Crippen molar-refractivity contribution in [3.05, 3.63) is 0 Å². The minimum absolute atomic E-state index is 0.151. The van der Waals surface area contributed by atoms with E-state index < -0.39 is 0 Å². The van der Waals surface area contributed by atoms with Gasteiger partial charge in [0.2, 0.25) is 5.91 Å². The third-order valence-corrected chi connectivity index (χ3v) is 4.15. The van der Waals surface area contributed by atoms with E-state index in [-0.39, 0.29) is 11.4 Å². The molecule has 2 aliphatic rings. The van der Waals surface area contributed by atoms with Gasteiger partial charge in [-0.25, -0.2) is 0 Å². The van der Waals surface area contributed by atoms with Crippen molar-refractivity contribution in [3.8, 4) is 0 Å². The van der Waals surface area contributed by atoms with E-state index in [2.05, 4.69) is 10.6 Å². The highest BCUT2D eigenvalue weighted by molar-refractivity contribution is 5.85. The minimum Gasteiger partial charge on any atom is -0.378 e. The summed E-state index contributed by atoms with van der Waals surface area (Å²) in [5, 5.41) is 6.40. The molecule has 18 heavy (non-hydrogen) atoms. The lowest BCUT2D eigenvalue weighted by molar-refractivity contribution is -0.128. The Hall–Kier alpha value is -0.610. The summed E-state index contributed by atoms with van der Waals surface area (Å²) in [6, 6.07) is 0. The zero-order chi connectivity index (χ0) is 12.8. The number of nitrogens with one attached hydrogen (secondary N) is 2. The van der Waals surface area contributed by atoms with Crippen LogP contribution in [0.25, 0.3) is 0 Å². The van der Waals surface area contributed by atoms with E-state index in [0.717, 1.165) is 45.4 Å². The van der Waals surface area contributed by atoms with Gasteiger partial charge in [-0.05, 0) is 58.4 Å². The number of ether oxygens (including phenoxy) is 1. The second-order valence-electron chi connectivity index (χ2n) is 5.75. The molecule has 0 saturated carbocycles. The predicted molar refractivity (Wildman–Crippen MR) is 71.5 cm³/mol. The molecule has 4 heteroatoms. The third-order valence-electron chi connectivity index (χ3n) is 4.15. The molecule has 2 N–H and O–H groups in total. The first-order chi connectivity index (χ1) is 8.71. The molecule has 2 unspecified atom stereocenters. The molecule has 0 spiro atoms. The van der Waals surface area contributed by atoms with Crippen molar-refractivity contribution in [2.75, 3.05) is 19.7 Å². The number of hydrogen-bond acceptors (Lipinski definition) is 3. The van der Waals surface area contributed by atoms with Gasteiger partial charge in [0, 0.05) is 13.2 Å². The van der Waals surface area contributed by atoms with Gasteiger partial charge in [0.15, 0.2) is 0 Å². The second-order valence-corrected chi connectivity index (χ2v) is 5.75. The molecule has 4 nitrogen and oxygen atoms in total. The molecule has 2 aliphatic heterocycles. The van der Waals surface area contributed by atoms with Crippen LogP contribution in [0.5, 0.6) is 0 Å². The average Bonchev–Trinajstić information content (AvgIpc) is 2.41. The lowest BCUT2D eigenvalue weighted by Gasteiger charge is -2.33. The fraction of sp³-hybridized carbons (Fsp3) is 0.929. The Labute approximate surface area is 110 Å². The average molecular weight is 254 g/mol. The Morgan fingerprint density at radius 2 is 2.28 bits per heavy atom. The van der Waals surface area contributed by atoms with Crippen LogP contribution in [0.15, 0.2) is 0 Å². The van der Waals surface area contributed by atoms with E-state index in [1.807, 2.05) is 6.92 Å². The fourth-order valence-electron chi connectivity index (χ4n) is 2.83. The quantitative estimate of drug-likeness (QED) is 0.801. The Balaban J connectivity index is 1.67. The maximum absolute atomic E-state index is 12.1. The summed E-state index contributed by atoms with van der Waals surface area (Å²) < 4.78 is 5.66. The summed E-state index contributed by atoms with van der Waals surface area (Å²) in [5.74, 6) is 0.151. The number of carbonyl (C=O) groups excluding carboxylic acids is 1. The van der Waals surface area contributed by atoms with E-state index in [0.29, 0.717) is 6.10 Å². The van der Waals surface area contributed by atoms with Crippen LogP contribution in [0, 0.1) is 0 Å². The van der Waals surface area contributed by atoms with Crippen molar-refractivity contribution in [1.82, 2.24) is 10.6 Å². The topological polar surface area (TPSA) is 50.4 Å². The standard InChI is InChI=1S/C14H26N2O2/c1-14(8-3-4-9-16-14)13(17)15-10-7-12-6-2-5-11-18-12/h12,16H,2-11H2,1H3,(H,15,17). The normalized spacial score (nSPS) is 33.1. The van der Waals surface area contributed by atoms with Crippen molar-refractivity contribution >= 4 is 5.91 Å². The molecule has 0 aromatic rings. The van der Waals surface area contributed by atoms with E-state index in [1.165, 1.54) is 19.3 Å². The van der Waals surface area contributed by atoms with Crippen LogP contribution < -0.4 is 10.6 Å². The molecule has 104 valence electrons. The van der Waals surface area contributed by atoms with Gasteiger partial charge in [0.05, 0.1) is 11.6 Å². The van der Waals surface area contributed by atoms with Crippen molar-refractivity contribution in [1.29, 1.82) is 0 Å². The number of amides is 1. The smallest absolute Gasteiger partial charge is 0.240 e. The van der Waals surface area contributed by atoms with Crippen LogP contribution in [0.4, 0.5) is 0 Å². The highest BCUT2D eigenvalue weighted by Gasteiger charge is 2.33. The molecule has 0 aliphatic carbocycles. The van der Waals surface area contributed by atoms with Gasteiger partial charge in [-0.15, -0.1) is 0 Å². The molecule has 2 saturated heterocycles. The molecule has 0 radical (unpaired) electrons. The summed E-state index contributed by atoms with van der Waals surface area (Å²) in [4.78, 5) is 12.1. The van der Waals surface area contributed by atoms with E-state index >= 15 is 0 Å². The number of rotatable bonds is 4. The van der Waals surface area contributed by atoms with Crippen molar-refractivity contribution in [2.45, 2.75) is 63.5 Å². The first kappa shape index (κ1) is 13.8. The van der Waals surface area contributed by atoms with Crippen LogP contribution in [0.3, 0.4) is 0 Å². The molecule has 1 amide bonds. The maximum Gasteiger partial charge on any atom is 0.240 e. The first-order valence-electron chi connectivity index (χ1n) is 7.36. The van der Waals surface area contributed by atoms with E-state index in [9.17, 15) is 4.79 Å². The molecule has 2 fully saturated rings. The predicted octanol–water partition coefficient (Wildman–Crippen LogP) is 1.59. The van der Waals surface area contributed by atoms with Crippen molar-refractivity contribution < 1.29 is 9.53 Å². The Morgan fingerprint density at radius 1 is 1.39 bits per heavy atom. The molecular weight excluding hydrogens is 228 g/mol. The number of carbonyl (C=O) groups is 1. The zero-order valence-electron chi connectivity index (χ0n) is 11.5. The summed E-state index contributed by atoms with van der Waals surface area (Å²) in [6.07, 6.45) is 8.15. The van der Waals surface area contributed by atoms with Crippen LogP contribution in [-0.2, 0) is 9.53 Å². The third kappa shape index (κ3) is 3.69. The lowest BCUT2D eigenvalue weighted by atomic mass is 9.90. The van der Waals surface area contributed by atoms with Gasteiger partial charge in [-0.3, -0.25) is 4.79 Å². The van der Waals surface area contributed by atoms with Crippen LogP contribution in [-0.4, -0.2) is 37.2 Å². The molecule has 2 atom stereocenters. The Kier molecular flexibility index (Phi) is 5.01. The van der Waals surface area contributed by atoms with Gasteiger partial charge in [-0.1, -0.05) is 0 Å². The van der Waals surface area contributed by atoms with Gasteiger partial charge >= 0.3 is 0 Å². The SMILES string of the molecule is CC1(C(=O)NCCC2CCCCO2)CCCCN1. The molecule has 2 heterocycles. The van der Waals surface area contributed by atoms with Gasteiger partial charge in [-0.2, -0.15) is 0 Å². The summed E-state index contributed by atoms with van der Waals surface area (Å²) in [7, 11) is 0. The molecule has 2 rings (SSSR count). The van der Waals surface area contributed by atoms with Gasteiger partial charge < -0.3 is 15.4 Å². The highest BCUT2D eigenvalue weighted by atomic mass is 16.5. The zero-order valence-corrected chi connectivity index (χ0v) is 11.5. The van der Waals surface area contributed by atoms with Crippen LogP contribution in [0.1, 0.15) is 51.9 Å². The van der Waals surface area contributed by atoms with Crippen LogP contribution in [0.2, 0.25) is 0 Å². The van der Waals surface area contributed by atoms with Crippen molar-refractivity contribution in [2.24, 2.45) is 0 Å². The molecular formula is C14H26N2O2. The monoisotopic (exact) mass is 254 g/mol. The number of hydrogen-bond donors (Lipinski definition) is 2. The maximum atomic E-state index is 12.1.